The number of nitro groups is 1. The molecule has 0 aromatic carbocycles. The highest BCUT2D eigenvalue weighted by molar-refractivity contribution is 5.77. The average molecular weight is 213 g/mol. The van der Waals surface area contributed by atoms with Gasteiger partial charge in [-0.2, -0.15) is 0 Å². The van der Waals surface area contributed by atoms with Crippen LogP contribution in [0.2, 0.25) is 0 Å². The molecule has 1 atom stereocenters. The first-order valence-corrected chi connectivity index (χ1v) is 4.06. The summed E-state index contributed by atoms with van der Waals surface area (Å²) in [5.41, 5.74) is -1.39. The van der Waals surface area contributed by atoms with E-state index < -0.39 is 16.5 Å². The minimum atomic E-state index is -1.39. The van der Waals surface area contributed by atoms with Gasteiger partial charge >= 0.3 is 17.8 Å². The second-order valence-corrected chi connectivity index (χ2v) is 3.40. The lowest BCUT2D eigenvalue weighted by molar-refractivity contribution is -0.389. The molecule has 1 aromatic rings. The van der Waals surface area contributed by atoms with Crippen LogP contribution >= 0.6 is 0 Å². The molecule has 0 saturated heterocycles. The van der Waals surface area contributed by atoms with E-state index in [1.54, 1.807) is 0 Å². The summed E-state index contributed by atoms with van der Waals surface area (Å²) >= 11 is 0. The largest absolute Gasteiger partial charge is 0.478 e. The minimum Gasteiger partial charge on any atom is -0.478 e. The van der Waals surface area contributed by atoms with Crippen molar-refractivity contribution in [3.63, 3.8) is 0 Å². The number of fused-ring (bicyclic) bond motifs is 1. The van der Waals surface area contributed by atoms with Gasteiger partial charge in [-0.1, -0.05) is 0 Å². The van der Waals surface area contributed by atoms with E-state index in [-0.39, 0.29) is 18.4 Å². The van der Waals surface area contributed by atoms with Crippen molar-refractivity contribution in [1.82, 2.24) is 9.55 Å². The maximum Gasteiger partial charge on any atom is 0.415 e. The molecule has 1 aliphatic heterocycles. The average Bonchev–Trinajstić information content (AvgIpc) is 2.59. The monoisotopic (exact) mass is 213 g/mol. The van der Waals surface area contributed by atoms with Crippen LogP contribution in [0, 0.1) is 10.1 Å². The van der Waals surface area contributed by atoms with E-state index in [2.05, 4.69) is 4.98 Å². The number of imidazole rings is 1. The summed E-state index contributed by atoms with van der Waals surface area (Å²) in [5, 5.41) is 19.2. The van der Waals surface area contributed by atoms with E-state index in [9.17, 15) is 14.9 Å². The molecule has 15 heavy (non-hydrogen) atoms. The standard InChI is InChI=1S/C7H7N3O5/c1-7(5(11)12)3-9-2-4(10(13)14)8-6(9)15-7/h2H,3H2,1H3,(H,11,12). The van der Waals surface area contributed by atoms with Crippen molar-refractivity contribution in [2.75, 3.05) is 0 Å². The SMILES string of the molecule is CC1(C(=O)O)Cn2cc([N+](=O)[O-])nc2O1. The Hall–Kier alpha value is -2.12. The lowest BCUT2D eigenvalue weighted by Crippen LogP contribution is -2.40. The Bertz CT molecular complexity index is 428. The van der Waals surface area contributed by atoms with E-state index in [0.29, 0.717) is 0 Å². The first-order valence-electron chi connectivity index (χ1n) is 4.06. The number of nitrogens with zero attached hydrogens (tertiary/aromatic N) is 3. The fourth-order valence-electron chi connectivity index (χ4n) is 1.34. The predicted octanol–water partition coefficient (Wildman–Crippen LogP) is 0.0270. The van der Waals surface area contributed by atoms with Gasteiger partial charge in [-0.15, -0.1) is 0 Å². The van der Waals surface area contributed by atoms with E-state index in [1.165, 1.54) is 11.5 Å². The smallest absolute Gasteiger partial charge is 0.415 e. The lowest BCUT2D eigenvalue weighted by Gasteiger charge is -2.14. The number of carbonyl (C=O) groups is 1. The molecule has 0 aliphatic carbocycles. The third-order valence-corrected chi connectivity index (χ3v) is 2.16. The Labute approximate surface area is 83.2 Å². The third kappa shape index (κ3) is 1.30. The topological polar surface area (TPSA) is 107 Å². The third-order valence-electron chi connectivity index (χ3n) is 2.16. The molecule has 1 N–H and O–H groups in total. The molecule has 2 heterocycles. The minimum absolute atomic E-state index is 0.0124. The van der Waals surface area contributed by atoms with Gasteiger partial charge in [-0.25, -0.2) is 4.79 Å². The van der Waals surface area contributed by atoms with Gasteiger partial charge < -0.3 is 20.0 Å². The van der Waals surface area contributed by atoms with Crippen LogP contribution < -0.4 is 4.74 Å². The van der Waals surface area contributed by atoms with Gasteiger partial charge in [0.25, 0.3) is 0 Å². The second kappa shape index (κ2) is 2.69. The van der Waals surface area contributed by atoms with Gasteiger partial charge in [0.1, 0.15) is 6.20 Å². The highest BCUT2D eigenvalue weighted by Gasteiger charge is 2.46. The summed E-state index contributed by atoms with van der Waals surface area (Å²) in [6, 6.07) is -0.0356. The summed E-state index contributed by atoms with van der Waals surface area (Å²) in [4.78, 5) is 24.1. The van der Waals surface area contributed by atoms with Crippen LogP contribution in [0.1, 0.15) is 6.92 Å². The molecule has 2 rings (SSSR count). The predicted molar refractivity (Wildman–Crippen MR) is 45.6 cm³/mol. The molecule has 1 unspecified atom stereocenters. The molecule has 0 spiro atoms. The van der Waals surface area contributed by atoms with Gasteiger partial charge in [-0.3, -0.25) is 4.57 Å². The normalized spacial score (nSPS) is 23.3. The highest BCUT2D eigenvalue weighted by atomic mass is 16.6. The number of rotatable bonds is 2. The first-order chi connectivity index (χ1) is 6.92. The van der Waals surface area contributed by atoms with Gasteiger partial charge in [0.05, 0.1) is 6.54 Å². The van der Waals surface area contributed by atoms with Crippen LogP contribution in [-0.2, 0) is 11.3 Å². The molecule has 1 aliphatic rings. The molecular weight excluding hydrogens is 206 g/mol. The van der Waals surface area contributed by atoms with Gasteiger partial charge in [0, 0.05) is 4.98 Å². The zero-order valence-corrected chi connectivity index (χ0v) is 7.71. The number of hydrogen-bond acceptors (Lipinski definition) is 5. The second-order valence-electron chi connectivity index (χ2n) is 3.40. The molecule has 80 valence electrons. The fraction of sp³-hybridized carbons (Fsp3) is 0.429. The number of hydrogen-bond donors (Lipinski definition) is 1. The van der Waals surface area contributed by atoms with E-state index in [0.717, 1.165) is 6.20 Å². The maximum atomic E-state index is 10.8. The summed E-state index contributed by atoms with van der Waals surface area (Å²) in [6.45, 7) is 1.40. The fourth-order valence-corrected chi connectivity index (χ4v) is 1.34. The van der Waals surface area contributed by atoms with E-state index >= 15 is 0 Å². The Morgan fingerprint density at radius 3 is 3.00 bits per heavy atom. The lowest BCUT2D eigenvalue weighted by atomic mass is 10.1. The molecular formula is C7H7N3O5. The summed E-state index contributed by atoms with van der Waals surface area (Å²) in [6.07, 6.45) is 1.16. The zero-order valence-electron chi connectivity index (χ0n) is 7.71. The molecule has 8 nitrogen and oxygen atoms in total. The van der Waals surface area contributed by atoms with Crippen molar-refractivity contribution >= 4 is 11.8 Å². The van der Waals surface area contributed by atoms with Crippen molar-refractivity contribution in [2.24, 2.45) is 0 Å². The van der Waals surface area contributed by atoms with Crippen LogP contribution in [0.25, 0.3) is 0 Å². The summed E-state index contributed by atoms with van der Waals surface area (Å²) in [7, 11) is 0. The highest BCUT2D eigenvalue weighted by Crippen LogP contribution is 2.30. The van der Waals surface area contributed by atoms with Crippen molar-refractivity contribution in [3.05, 3.63) is 16.3 Å². The molecule has 0 radical (unpaired) electrons. The van der Waals surface area contributed by atoms with Gasteiger partial charge in [0.2, 0.25) is 5.60 Å². The molecule has 0 fully saturated rings. The number of carboxylic acid groups (broad SMARTS) is 1. The van der Waals surface area contributed by atoms with Gasteiger partial charge in [0.15, 0.2) is 0 Å². The van der Waals surface area contributed by atoms with Crippen molar-refractivity contribution in [3.8, 4) is 6.01 Å². The van der Waals surface area contributed by atoms with Crippen LogP contribution in [0.3, 0.4) is 0 Å². The van der Waals surface area contributed by atoms with Crippen LogP contribution in [0.15, 0.2) is 6.20 Å². The number of ether oxygens (including phenoxy) is 1. The maximum absolute atomic E-state index is 10.8. The zero-order chi connectivity index (χ0) is 11.2. The van der Waals surface area contributed by atoms with Crippen molar-refractivity contribution in [2.45, 2.75) is 19.1 Å². The summed E-state index contributed by atoms with van der Waals surface area (Å²) in [5.74, 6) is -1.48. The van der Waals surface area contributed by atoms with Crippen molar-refractivity contribution < 1.29 is 19.6 Å². The quantitative estimate of drug-likeness (QED) is 0.548. The molecule has 0 saturated carbocycles. The summed E-state index contributed by atoms with van der Waals surface area (Å²) < 4.78 is 6.35. The molecule has 0 bridgehead atoms. The van der Waals surface area contributed by atoms with Crippen LogP contribution in [0.4, 0.5) is 5.82 Å². The molecule has 8 heteroatoms. The molecule has 0 amide bonds. The Morgan fingerprint density at radius 1 is 1.87 bits per heavy atom. The van der Waals surface area contributed by atoms with E-state index in [4.69, 9.17) is 9.84 Å². The Kier molecular flexibility index (Phi) is 1.69. The number of aliphatic carboxylic acids is 1. The molecule has 1 aromatic heterocycles. The number of carboxylic acids is 1. The van der Waals surface area contributed by atoms with Crippen molar-refractivity contribution in [1.29, 1.82) is 0 Å². The first kappa shape index (κ1) is 9.44. The van der Waals surface area contributed by atoms with E-state index in [1.807, 2.05) is 0 Å². The Balaban J connectivity index is 2.31. The van der Waals surface area contributed by atoms with Gasteiger partial charge in [-0.05, 0) is 11.8 Å². The van der Waals surface area contributed by atoms with Crippen LogP contribution in [-0.4, -0.2) is 31.2 Å². The Morgan fingerprint density at radius 2 is 2.53 bits per heavy atom. The number of aromatic nitrogens is 2. The van der Waals surface area contributed by atoms with Crippen LogP contribution in [0.5, 0.6) is 6.01 Å².